The molecule has 0 aromatic carbocycles. The van der Waals surface area contributed by atoms with Gasteiger partial charge in [0.2, 0.25) is 5.82 Å². The summed E-state index contributed by atoms with van der Waals surface area (Å²) in [6.45, 7) is 4.08. The summed E-state index contributed by atoms with van der Waals surface area (Å²) in [5.74, 6) is 0.857. The van der Waals surface area contributed by atoms with Crippen molar-refractivity contribution in [1.29, 1.82) is 0 Å². The summed E-state index contributed by atoms with van der Waals surface area (Å²) in [6.07, 6.45) is 3.45. The van der Waals surface area contributed by atoms with E-state index in [0.717, 1.165) is 32.4 Å². The second kappa shape index (κ2) is 4.29. The van der Waals surface area contributed by atoms with E-state index in [9.17, 15) is 5.11 Å². The Labute approximate surface area is 106 Å². The van der Waals surface area contributed by atoms with Crippen molar-refractivity contribution in [2.75, 3.05) is 19.7 Å². The van der Waals surface area contributed by atoms with Crippen LogP contribution in [0.25, 0.3) is 0 Å². The molecule has 0 spiro atoms. The summed E-state index contributed by atoms with van der Waals surface area (Å²) >= 11 is 0. The summed E-state index contributed by atoms with van der Waals surface area (Å²) in [6, 6.07) is 0. The van der Waals surface area contributed by atoms with Crippen molar-refractivity contribution in [2.24, 2.45) is 0 Å². The van der Waals surface area contributed by atoms with Crippen molar-refractivity contribution in [3.05, 3.63) is 11.7 Å². The Bertz CT molecular complexity index is 420. The third-order valence-electron chi connectivity index (χ3n) is 3.88. The van der Waals surface area contributed by atoms with Crippen LogP contribution in [0.1, 0.15) is 44.3 Å². The second-order valence-corrected chi connectivity index (χ2v) is 5.42. The van der Waals surface area contributed by atoms with Gasteiger partial charge in [-0.15, -0.1) is 0 Å². The third-order valence-corrected chi connectivity index (χ3v) is 3.88. The molecule has 2 fully saturated rings. The number of ether oxygens (including phenoxy) is 1. The standard InChI is InChI=1S/C12H19N3O3/c1-11(4-3-7-17-11)9-14-10(18-15-9)12(16)5-2-6-13-8-12/h13,16H,2-8H2,1H3. The normalized spacial score (nSPS) is 37.0. The van der Waals surface area contributed by atoms with Gasteiger partial charge in [0.15, 0.2) is 5.60 Å². The minimum absolute atomic E-state index is 0.307. The van der Waals surface area contributed by atoms with E-state index in [1.807, 2.05) is 6.92 Å². The molecule has 0 aliphatic carbocycles. The second-order valence-electron chi connectivity index (χ2n) is 5.42. The van der Waals surface area contributed by atoms with Crippen molar-refractivity contribution >= 4 is 0 Å². The van der Waals surface area contributed by atoms with Crippen molar-refractivity contribution in [1.82, 2.24) is 15.5 Å². The average Bonchev–Trinajstić information content (AvgIpc) is 2.99. The first kappa shape index (κ1) is 12.1. The monoisotopic (exact) mass is 253 g/mol. The molecule has 2 unspecified atom stereocenters. The van der Waals surface area contributed by atoms with Crippen LogP contribution in [0, 0.1) is 0 Å². The average molecular weight is 253 g/mol. The summed E-state index contributed by atoms with van der Waals surface area (Å²) in [5.41, 5.74) is -1.49. The Kier molecular flexibility index (Phi) is 2.88. The number of rotatable bonds is 2. The molecule has 0 saturated carbocycles. The van der Waals surface area contributed by atoms with Gasteiger partial charge in [-0.3, -0.25) is 0 Å². The van der Waals surface area contributed by atoms with Crippen LogP contribution in [0.3, 0.4) is 0 Å². The Morgan fingerprint density at radius 1 is 1.33 bits per heavy atom. The number of hydrogen-bond donors (Lipinski definition) is 2. The third kappa shape index (κ3) is 1.94. The smallest absolute Gasteiger partial charge is 0.260 e. The zero-order valence-corrected chi connectivity index (χ0v) is 10.6. The topological polar surface area (TPSA) is 80.4 Å². The van der Waals surface area contributed by atoms with Crippen LogP contribution in [-0.4, -0.2) is 34.9 Å². The summed E-state index contributed by atoms with van der Waals surface area (Å²) in [5, 5.41) is 17.6. The van der Waals surface area contributed by atoms with Gasteiger partial charge in [-0.25, -0.2) is 0 Å². The Balaban J connectivity index is 1.84. The molecule has 2 N–H and O–H groups in total. The van der Waals surface area contributed by atoms with E-state index in [-0.39, 0.29) is 0 Å². The minimum Gasteiger partial charge on any atom is -0.379 e. The van der Waals surface area contributed by atoms with Gasteiger partial charge in [0.1, 0.15) is 5.60 Å². The largest absolute Gasteiger partial charge is 0.379 e. The molecule has 2 aliphatic rings. The first-order chi connectivity index (χ1) is 8.62. The zero-order chi connectivity index (χ0) is 12.6. The van der Waals surface area contributed by atoms with Gasteiger partial charge in [-0.05, 0) is 39.2 Å². The van der Waals surface area contributed by atoms with E-state index in [2.05, 4.69) is 15.5 Å². The summed E-state index contributed by atoms with van der Waals surface area (Å²) in [7, 11) is 0. The van der Waals surface area contributed by atoms with Crippen molar-refractivity contribution in [3.63, 3.8) is 0 Å². The van der Waals surface area contributed by atoms with Gasteiger partial charge < -0.3 is 19.7 Å². The number of hydrogen-bond acceptors (Lipinski definition) is 6. The summed E-state index contributed by atoms with van der Waals surface area (Å²) < 4.78 is 10.9. The van der Waals surface area contributed by atoms with Gasteiger partial charge >= 0.3 is 0 Å². The van der Waals surface area contributed by atoms with Gasteiger partial charge in [0, 0.05) is 13.2 Å². The van der Waals surface area contributed by atoms with E-state index in [4.69, 9.17) is 9.26 Å². The molecule has 2 aliphatic heterocycles. The van der Waals surface area contributed by atoms with E-state index >= 15 is 0 Å². The molecule has 6 heteroatoms. The van der Waals surface area contributed by atoms with Crippen molar-refractivity contribution < 1.29 is 14.4 Å². The maximum Gasteiger partial charge on any atom is 0.260 e. The first-order valence-electron chi connectivity index (χ1n) is 6.54. The Morgan fingerprint density at radius 2 is 2.22 bits per heavy atom. The van der Waals surface area contributed by atoms with Crippen LogP contribution in [-0.2, 0) is 15.9 Å². The molecule has 2 saturated heterocycles. The van der Waals surface area contributed by atoms with E-state index in [1.165, 1.54) is 0 Å². The predicted molar refractivity (Wildman–Crippen MR) is 62.8 cm³/mol. The minimum atomic E-state index is -1.03. The fraction of sp³-hybridized carbons (Fsp3) is 0.833. The molecule has 0 radical (unpaired) electrons. The molecule has 2 atom stereocenters. The van der Waals surface area contributed by atoms with Crippen LogP contribution >= 0.6 is 0 Å². The number of β-amino-alcohol motifs (C(OH)–C–C–N with tert-alkyl or cyclic N) is 1. The number of nitrogens with zero attached hydrogens (tertiary/aromatic N) is 2. The van der Waals surface area contributed by atoms with Gasteiger partial charge in [0.25, 0.3) is 5.89 Å². The van der Waals surface area contributed by atoms with Crippen LogP contribution in [0.5, 0.6) is 0 Å². The molecular formula is C12H19N3O3. The fourth-order valence-electron chi connectivity index (χ4n) is 2.65. The number of nitrogens with one attached hydrogen (secondary N) is 1. The van der Waals surface area contributed by atoms with E-state index in [0.29, 0.717) is 24.7 Å². The highest BCUT2D eigenvalue weighted by molar-refractivity contribution is 5.07. The first-order valence-corrected chi connectivity index (χ1v) is 6.54. The SMILES string of the molecule is CC1(c2noc(C3(O)CCCNC3)n2)CCCO1. The van der Waals surface area contributed by atoms with E-state index < -0.39 is 11.2 Å². The molecule has 1 aromatic heterocycles. The summed E-state index contributed by atoms with van der Waals surface area (Å²) in [4.78, 5) is 4.37. The molecule has 0 amide bonds. The van der Waals surface area contributed by atoms with E-state index in [1.54, 1.807) is 0 Å². The van der Waals surface area contributed by atoms with Crippen LogP contribution in [0.2, 0.25) is 0 Å². The quantitative estimate of drug-likeness (QED) is 0.806. The number of aliphatic hydroxyl groups is 1. The Morgan fingerprint density at radius 3 is 2.89 bits per heavy atom. The molecule has 6 nitrogen and oxygen atoms in total. The lowest BCUT2D eigenvalue weighted by molar-refractivity contribution is -0.0167. The highest BCUT2D eigenvalue weighted by Gasteiger charge is 2.41. The maximum absolute atomic E-state index is 10.5. The molecule has 3 heterocycles. The fourth-order valence-corrected chi connectivity index (χ4v) is 2.65. The lowest BCUT2D eigenvalue weighted by atomic mass is 9.94. The van der Waals surface area contributed by atoms with Gasteiger partial charge in [-0.2, -0.15) is 4.98 Å². The highest BCUT2D eigenvalue weighted by atomic mass is 16.5. The van der Waals surface area contributed by atoms with Crippen LogP contribution in [0.15, 0.2) is 4.52 Å². The van der Waals surface area contributed by atoms with Gasteiger partial charge in [0.05, 0.1) is 0 Å². The van der Waals surface area contributed by atoms with Crippen molar-refractivity contribution in [3.8, 4) is 0 Å². The van der Waals surface area contributed by atoms with Crippen LogP contribution in [0.4, 0.5) is 0 Å². The maximum atomic E-state index is 10.5. The zero-order valence-electron chi connectivity index (χ0n) is 10.6. The molecule has 18 heavy (non-hydrogen) atoms. The molecular weight excluding hydrogens is 234 g/mol. The number of piperidine rings is 1. The lowest BCUT2D eigenvalue weighted by Gasteiger charge is -2.28. The van der Waals surface area contributed by atoms with Crippen LogP contribution < -0.4 is 5.32 Å². The Hall–Kier alpha value is -0.980. The molecule has 0 bridgehead atoms. The highest BCUT2D eigenvalue weighted by Crippen LogP contribution is 2.35. The van der Waals surface area contributed by atoms with Crippen molar-refractivity contribution in [2.45, 2.75) is 43.8 Å². The number of aromatic nitrogens is 2. The van der Waals surface area contributed by atoms with Gasteiger partial charge in [-0.1, -0.05) is 5.16 Å². The lowest BCUT2D eigenvalue weighted by Crippen LogP contribution is -2.43. The molecule has 1 aromatic rings. The molecule has 100 valence electrons. The molecule has 3 rings (SSSR count). The predicted octanol–water partition coefficient (Wildman–Crippen LogP) is 0.666.